The summed E-state index contributed by atoms with van der Waals surface area (Å²) in [4.78, 5) is 48.9. The molecule has 23 nitrogen and oxygen atoms in total. The van der Waals surface area contributed by atoms with E-state index in [0.717, 1.165) is 46.2 Å². The highest BCUT2D eigenvalue weighted by Crippen LogP contribution is 2.46. The number of phenols is 7. The van der Waals surface area contributed by atoms with Gasteiger partial charge in [-0.05, 0) is 59.7 Å². The molecule has 3 aromatic heterocycles. The molecular formula is C81H67ClO23. The molecule has 2 aliphatic heterocycles. The fourth-order valence-corrected chi connectivity index (χ4v) is 11.5. The van der Waals surface area contributed by atoms with Gasteiger partial charge in [-0.25, -0.2) is 4.42 Å². The molecule has 24 heteroatoms. The van der Waals surface area contributed by atoms with E-state index in [0.29, 0.717) is 56.3 Å². The van der Waals surface area contributed by atoms with Gasteiger partial charge in [0.25, 0.3) is 0 Å². The molecule has 2 atom stereocenters. The Labute approximate surface area is 604 Å². The molecule has 0 fully saturated rings. The fraction of sp³-hybridized carbons (Fsp3) is 0.123. The number of rotatable bonds is 11. The maximum atomic E-state index is 12.7. The van der Waals surface area contributed by atoms with Crippen molar-refractivity contribution in [1.29, 1.82) is 0 Å². The summed E-state index contributed by atoms with van der Waals surface area (Å²) in [6, 6.07) is 58.6. The topological polar surface area (TPSA) is 342 Å². The molecule has 0 aliphatic carbocycles. The van der Waals surface area contributed by atoms with Gasteiger partial charge in [0, 0.05) is 77.9 Å². The van der Waals surface area contributed by atoms with E-state index in [-0.39, 0.29) is 157 Å². The van der Waals surface area contributed by atoms with Crippen LogP contribution in [0.15, 0.2) is 235 Å². The minimum atomic E-state index is -0.387. The van der Waals surface area contributed by atoms with E-state index < -0.39 is 0 Å². The van der Waals surface area contributed by atoms with Gasteiger partial charge in [-0.3, -0.25) is 19.2 Å². The Balaban J connectivity index is 0.000000141. The molecular weight excluding hydrogens is 1380 g/mol. The van der Waals surface area contributed by atoms with Gasteiger partial charge in [0.1, 0.15) is 114 Å². The summed E-state index contributed by atoms with van der Waals surface area (Å²) in [5.74, 6) is 2.53. The highest BCUT2D eigenvalue weighted by molar-refractivity contribution is 6.03. The summed E-state index contributed by atoms with van der Waals surface area (Å²) in [7, 11) is 9.05. The highest BCUT2D eigenvalue weighted by Gasteiger charge is 2.33. The number of hydrogen-bond acceptors (Lipinski definition) is 22. The molecule has 0 bridgehead atoms. The number of Topliss-reactive ketones (excluding diaryl/α,β-unsaturated/α-hetero) is 2. The number of aromatic hydroxyl groups is 8. The van der Waals surface area contributed by atoms with Gasteiger partial charge >= 0.3 is 11.3 Å². The van der Waals surface area contributed by atoms with Gasteiger partial charge in [-0.1, -0.05) is 91.0 Å². The Morgan fingerprint density at radius 1 is 0.381 bits per heavy atom. The van der Waals surface area contributed by atoms with Crippen molar-refractivity contribution in [3.05, 3.63) is 255 Å². The van der Waals surface area contributed by atoms with Crippen LogP contribution in [0.2, 0.25) is 0 Å². The molecule has 15 rings (SSSR count). The Morgan fingerprint density at radius 2 is 0.867 bits per heavy atom. The van der Waals surface area contributed by atoms with Crippen molar-refractivity contribution in [3.8, 4) is 126 Å². The molecule has 10 aromatic carbocycles. The SMILES string of the molecule is COc1cc(-c2[o+]c3cc(O)cc(O)c3cc2O)ccc1O.COc1ccc(-c2cc(=O)c3c(OC)c(OC)c(OC)cc3o2)cc1.COc1ccc2c(=O)cc(-c3ccccc3)oc2c1.O=C1CC(c2ccccc2)Oc2cc(O)cc(O)c21.O=C1C[C@@H](c2ccccc2)Oc2cc(O)cc(O)c21.[Cl-]. The third-order valence-electron chi connectivity index (χ3n) is 16.5. The van der Waals surface area contributed by atoms with Gasteiger partial charge in [0.05, 0.1) is 72.5 Å². The van der Waals surface area contributed by atoms with Crippen LogP contribution in [-0.2, 0) is 0 Å². The second-order valence-corrected chi connectivity index (χ2v) is 23.1. The zero-order valence-corrected chi connectivity index (χ0v) is 57.6. The van der Waals surface area contributed by atoms with E-state index in [9.17, 15) is 60.0 Å². The van der Waals surface area contributed by atoms with Crippen LogP contribution in [0.1, 0.15) is 56.9 Å². The van der Waals surface area contributed by atoms with Gasteiger partial charge in [-0.15, -0.1) is 0 Å². The van der Waals surface area contributed by atoms with Crippen molar-refractivity contribution < 1.29 is 114 Å². The second kappa shape index (κ2) is 32.8. The lowest BCUT2D eigenvalue weighted by Gasteiger charge is -2.26. The minimum absolute atomic E-state index is 0. The van der Waals surface area contributed by atoms with E-state index >= 15 is 0 Å². The average molecular weight is 1440 g/mol. The molecule has 13 aromatic rings. The number of carbonyl (C=O) groups is 2. The third-order valence-corrected chi connectivity index (χ3v) is 16.5. The molecule has 1 unspecified atom stereocenters. The highest BCUT2D eigenvalue weighted by atomic mass is 35.5. The normalized spacial score (nSPS) is 13.1. The van der Waals surface area contributed by atoms with Crippen LogP contribution in [-0.4, -0.2) is 95.1 Å². The van der Waals surface area contributed by atoms with Crippen LogP contribution in [0, 0.1) is 0 Å². The number of fused-ring (bicyclic) bond motifs is 5. The third kappa shape index (κ3) is 16.6. The molecule has 0 amide bonds. The van der Waals surface area contributed by atoms with E-state index in [1.165, 1.54) is 77.0 Å². The smallest absolute Gasteiger partial charge is 0.402 e. The van der Waals surface area contributed by atoms with E-state index in [4.69, 9.17) is 51.1 Å². The van der Waals surface area contributed by atoms with Crippen LogP contribution in [0.4, 0.5) is 0 Å². The first-order valence-electron chi connectivity index (χ1n) is 31.8. The molecule has 8 N–H and O–H groups in total. The Morgan fingerprint density at radius 3 is 1.40 bits per heavy atom. The van der Waals surface area contributed by atoms with Gasteiger partial charge in [0.2, 0.25) is 11.5 Å². The van der Waals surface area contributed by atoms with E-state index in [1.54, 1.807) is 56.7 Å². The average Bonchev–Trinajstić information content (AvgIpc) is 0.429. The summed E-state index contributed by atoms with van der Waals surface area (Å²) < 4.78 is 60.0. The summed E-state index contributed by atoms with van der Waals surface area (Å²) >= 11 is 0. The Bertz CT molecular complexity index is 5320. The quantitative estimate of drug-likeness (QED) is 0.0558. The van der Waals surface area contributed by atoms with Crippen LogP contribution in [0.5, 0.6) is 92.0 Å². The lowest BCUT2D eigenvalue weighted by atomic mass is 9.95. The number of benzene rings is 10. The largest absolute Gasteiger partial charge is 1.00 e. The van der Waals surface area contributed by atoms with Crippen molar-refractivity contribution in [1.82, 2.24) is 0 Å². The predicted molar refractivity (Wildman–Crippen MR) is 385 cm³/mol. The monoisotopic (exact) mass is 1440 g/mol. The fourth-order valence-electron chi connectivity index (χ4n) is 11.5. The zero-order chi connectivity index (χ0) is 73.9. The number of ether oxygens (including phenoxy) is 8. The molecule has 105 heavy (non-hydrogen) atoms. The number of methoxy groups -OCH3 is 6. The molecule has 2 aliphatic rings. The minimum Gasteiger partial charge on any atom is -1.00 e. The predicted octanol–water partition coefficient (Wildman–Crippen LogP) is 12.8. The lowest BCUT2D eigenvalue weighted by molar-refractivity contribution is -0.0000536. The van der Waals surface area contributed by atoms with Gasteiger partial charge in [0.15, 0.2) is 45.4 Å². The lowest BCUT2D eigenvalue weighted by Crippen LogP contribution is -3.00. The Kier molecular flexibility index (Phi) is 23.2. The molecule has 5 heterocycles. The zero-order valence-electron chi connectivity index (χ0n) is 56.9. The van der Waals surface area contributed by atoms with Gasteiger partial charge < -0.3 is 100.0 Å². The van der Waals surface area contributed by atoms with Crippen molar-refractivity contribution in [2.75, 3.05) is 42.7 Å². The molecule has 0 saturated heterocycles. The van der Waals surface area contributed by atoms with Crippen LogP contribution in [0.25, 0.3) is 66.9 Å². The summed E-state index contributed by atoms with van der Waals surface area (Å²) in [6.07, 6.45) is -0.421. The molecule has 0 radical (unpaired) electrons. The van der Waals surface area contributed by atoms with Crippen LogP contribution in [0.3, 0.4) is 0 Å². The molecule has 0 spiro atoms. The first kappa shape index (κ1) is 74.2. The van der Waals surface area contributed by atoms with Crippen molar-refractivity contribution in [3.63, 3.8) is 0 Å². The van der Waals surface area contributed by atoms with Crippen molar-refractivity contribution in [2.45, 2.75) is 25.0 Å². The van der Waals surface area contributed by atoms with Crippen molar-refractivity contribution in [2.24, 2.45) is 0 Å². The van der Waals surface area contributed by atoms with Crippen LogP contribution < -0.4 is 61.2 Å². The Hall–Kier alpha value is -13.5. The summed E-state index contributed by atoms with van der Waals surface area (Å²) in [6.45, 7) is 0. The van der Waals surface area contributed by atoms with E-state index in [1.807, 2.05) is 103 Å². The number of carbonyl (C=O) groups excluding carboxylic acids is 2. The van der Waals surface area contributed by atoms with Crippen LogP contribution >= 0.6 is 0 Å². The first-order chi connectivity index (χ1) is 50.2. The van der Waals surface area contributed by atoms with Crippen molar-refractivity contribution >= 4 is 44.5 Å². The standard InChI is InChI=1S/C19H18O6.C16H12O6.C16H12O3.2C15H12O4.ClH/c1-21-12-7-5-11(6-8-12)14-9-13(20)17-15(25-14)10-16(22-2)18(23-3)19(17)24-4;1-21-15-4-8(2-3-11(15)18)16-13(20)7-10-12(19)5-9(17)6-14(10)22-16;1-18-12-7-8-13-14(17)10-15(19-16(13)9-12)11-5-3-2-4-6-11;2*16-10-6-11(17)15-12(18)8-13(19-14(15)7-10)9-4-2-1-3-5-9;/h5-10H,1-4H3;2-7H,1H3,(H3-,17,18,19,20);2-10H,1H3;2*1-7,13,16-17H,8H2;1H/t;;;13-;;/m...0../s1. The molecule has 0 saturated carbocycles. The second-order valence-electron chi connectivity index (χ2n) is 23.1. The summed E-state index contributed by atoms with van der Waals surface area (Å²) in [5, 5.41) is 78.5. The van der Waals surface area contributed by atoms with E-state index in [2.05, 4.69) is 0 Å². The maximum Gasteiger partial charge on any atom is 0.402 e. The molecule has 536 valence electrons. The number of ketones is 2. The first-order valence-corrected chi connectivity index (χ1v) is 31.8. The number of hydrogen-bond donors (Lipinski definition) is 8. The van der Waals surface area contributed by atoms with Gasteiger partial charge in [-0.2, -0.15) is 0 Å². The summed E-state index contributed by atoms with van der Waals surface area (Å²) in [5.41, 5.74) is 4.99. The number of halogens is 1. The number of phenolic OH excluding ortho intramolecular Hbond substituents is 7. The maximum absolute atomic E-state index is 12.7.